The van der Waals surface area contributed by atoms with Gasteiger partial charge in [-0.15, -0.1) is 0 Å². The Kier molecular flexibility index (Phi) is 8.74. The van der Waals surface area contributed by atoms with Gasteiger partial charge >= 0.3 is 5.97 Å². The first-order valence-corrected chi connectivity index (χ1v) is 9.92. The molecule has 0 bridgehead atoms. The fraction of sp³-hybridized carbons (Fsp3) is 0.227. The molecule has 0 saturated carbocycles. The van der Waals surface area contributed by atoms with Crippen molar-refractivity contribution in [2.45, 2.75) is 19.8 Å². The third-order valence-corrected chi connectivity index (χ3v) is 4.59. The Morgan fingerprint density at radius 2 is 2.00 bits per heavy atom. The second kappa shape index (κ2) is 11.5. The zero-order chi connectivity index (χ0) is 23.7. The molecule has 166 valence electrons. The predicted molar refractivity (Wildman–Crippen MR) is 118 cm³/mol. The molecule has 1 N–H and O–H groups in total. The van der Waals surface area contributed by atoms with E-state index >= 15 is 0 Å². The van der Waals surface area contributed by atoms with E-state index in [9.17, 15) is 25.0 Å². The first kappa shape index (κ1) is 24.4. The molecule has 0 fully saturated rings. The van der Waals surface area contributed by atoms with Gasteiger partial charge in [-0.3, -0.25) is 14.9 Å². The fourth-order valence-corrected chi connectivity index (χ4v) is 2.78. The number of nitro groups is 1. The molecule has 0 saturated heterocycles. The van der Waals surface area contributed by atoms with Gasteiger partial charge in [-0.1, -0.05) is 31.0 Å². The smallest absolute Gasteiger partial charge is 0.345 e. The maximum atomic E-state index is 12.5. The number of ether oxygens (including phenoxy) is 2. The Balaban J connectivity index is 2.26. The van der Waals surface area contributed by atoms with Crippen molar-refractivity contribution < 1.29 is 24.0 Å². The topological polar surface area (TPSA) is 132 Å². The predicted octanol–water partition coefficient (Wildman–Crippen LogP) is 4.30. The van der Waals surface area contributed by atoms with Crippen LogP contribution in [0.3, 0.4) is 0 Å². The third-order valence-electron chi connectivity index (χ3n) is 4.26. The maximum Gasteiger partial charge on any atom is 0.345 e. The molecule has 2 aromatic rings. The van der Waals surface area contributed by atoms with Crippen LogP contribution < -0.4 is 14.8 Å². The normalized spacial score (nSPS) is 10.8. The highest BCUT2D eigenvalue weighted by molar-refractivity contribution is 6.33. The summed E-state index contributed by atoms with van der Waals surface area (Å²) >= 11 is 5.98. The lowest BCUT2D eigenvalue weighted by molar-refractivity contribution is -0.384. The zero-order valence-corrected chi connectivity index (χ0v) is 18.1. The Morgan fingerprint density at radius 3 is 2.62 bits per heavy atom. The highest BCUT2D eigenvalue weighted by atomic mass is 35.5. The van der Waals surface area contributed by atoms with E-state index in [-0.39, 0.29) is 33.3 Å². The average molecular weight is 458 g/mol. The van der Waals surface area contributed by atoms with Crippen LogP contribution >= 0.6 is 11.6 Å². The van der Waals surface area contributed by atoms with Crippen LogP contribution in [0.2, 0.25) is 5.02 Å². The largest absolute Gasteiger partial charge is 0.493 e. The van der Waals surface area contributed by atoms with Crippen LogP contribution in [0.1, 0.15) is 35.7 Å². The number of hydrogen-bond acceptors (Lipinski definition) is 7. The lowest BCUT2D eigenvalue weighted by atomic mass is 10.1. The van der Waals surface area contributed by atoms with Crippen molar-refractivity contribution in [3.05, 3.63) is 68.2 Å². The second-order valence-electron chi connectivity index (χ2n) is 6.50. The number of non-ortho nitro benzene ring substituents is 1. The molecule has 0 aliphatic heterocycles. The Hall–Kier alpha value is -3.90. The van der Waals surface area contributed by atoms with Crippen LogP contribution in [-0.2, 0) is 4.79 Å². The number of carbonyl (C=O) groups excluding carboxylic acids is 2. The van der Waals surface area contributed by atoms with Crippen molar-refractivity contribution in [3.63, 3.8) is 0 Å². The number of methoxy groups -OCH3 is 1. The summed E-state index contributed by atoms with van der Waals surface area (Å²) in [4.78, 5) is 34.9. The number of nitrogens with zero attached hydrogens (tertiary/aromatic N) is 2. The molecule has 9 nitrogen and oxygen atoms in total. The van der Waals surface area contributed by atoms with Gasteiger partial charge in [-0.25, -0.2) is 4.79 Å². The summed E-state index contributed by atoms with van der Waals surface area (Å²) in [7, 11) is 1.35. The number of halogens is 1. The summed E-state index contributed by atoms with van der Waals surface area (Å²) in [6.45, 7) is 2.45. The number of esters is 1. The molecule has 0 radical (unpaired) electrons. The van der Waals surface area contributed by atoms with Gasteiger partial charge in [0.15, 0.2) is 11.5 Å². The number of nitrogens with one attached hydrogen (secondary N) is 1. The molecule has 0 atom stereocenters. The first-order chi connectivity index (χ1) is 15.3. The number of nitriles is 1. The molecule has 32 heavy (non-hydrogen) atoms. The molecular formula is C22H20ClN3O6. The van der Waals surface area contributed by atoms with E-state index in [4.69, 9.17) is 21.1 Å². The molecule has 0 aromatic heterocycles. The number of rotatable bonds is 9. The molecule has 0 heterocycles. The number of unbranched alkanes of at least 4 members (excludes halogenated alkanes) is 1. The van der Waals surface area contributed by atoms with E-state index in [0.29, 0.717) is 12.1 Å². The summed E-state index contributed by atoms with van der Waals surface area (Å²) in [5, 5.41) is 22.9. The summed E-state index contributed by atoms with van der Waals surface area (Å²) in [5.74, 6) is -1.22. The Morgan fingerprint density at radius 1 is 1.25 bits per heavy atom. The first-order valence-electron chi connectivity index (χ1n) is 9.54. The minimum atomic E-state index is -0.909. The Bertz CT molecular complexity index is 1110. The van der Waals surface area contributed by atoms with E-state index in [1.807, 2.05) is 13.0 Å². The van der Waals surface area contributed by atoms with Gasteiger partial charge in [0.05, 0.1) is 22.6 Å². The third kappa shape index (κ3) is 6.30. The molecular weight excluding hydrogens is 438 g/mol. The molecule has 0 unspecified atom stereocenters. The summed E-state index contributed by atoms with van der Waals surface area (Å²) in [5.41, 5.74) is -0.106. The van der Waals surface area contributed by atoms with Crippen molar-refractivity contribution in [2.24, 2.45) is 0 Å². The van der Waals surface area contributed by atoms with Crippen molar-refractivity contribution in [1.82, 2.24) is 5.32 Å². The molecule has 0 spiro atoms. The highest BCUT2D eigenvalue weighted by Crippen LogP contribution is 2.31. The second-order valence-corrected chi connectivity index (χ2v) is 6.91. The van der Waals surface area contributed by atoms with Gasteiger partial charge < -0.3 is 14.8 Å². The monoisotopic (exact) mass is 457 g/mol. The van der Waals surface area contributed by atoms with E-state index in [1.54, 1.807) is 0 Å². The zero-order valence-electron chi connectivity index (χ0n) is 17.4. The number of carbonyl (C=O) groups is 2. The summed E-state index contributed by atoms with van der Waals surface area (Å²) in [6.07, 6.45) is 3.09. The number of hydrogen-bond donors (Lipinski definition) is 1. The van der Waals surface area contributed by atoms with Gasteiger partial charge in [-0.2, -0.15) is 5.26 Å². The fourth-order valence-electron chi connectivity index (χ4n) is 2.59. The SMILES string of the molecule is CCCCNC(=O)/C(C#N)=C/c1ccc(OC(=O)c2cc([N+](=O)[O-])ccc2Cl)c(OC)c1. The number of benzene rings is 2. The molecule has 2 aromatic carbocycles. The van der Waals surface area contributed by atoms with Gasteiger partial charge in [0.1, 0.15) is 11.6 Å². The maximum absolute atomic E-state index is 12.5. The lowest BCUT2D eigenvalue weighted by Crippen LogP contribution is -2.25. The summed E-state index contributed by atoms with van der Waals surface area (Å²) < 4.78 is 10.5. The molecule has 10 heteroatoms. The quantitative estimate of drug-likeness (QED) is 0.113. The standard InChI is InChI=1S/C22H20ClN3O6/c1-3-4-9-25-21(27)15(13-24)10-14-5-8-19(20(11-14)31-2)32-22(28)17-12-16(26(29)30)6-7-18(17)23/h5-8,10-12H,3-4,9H2,1-2H3,(H,25,27)/b15-10+. The van der Waals surface area contributed by atoms with Gasteiger partial charge in [0.2, 0.25) is 0 Å². The van der Waals surface area contributed by atoms with E-state index in [1.165, 1.54) is 43.5 Å². The highest BCUT2D eigenvalue weighted by Gasteiger charge is 2.19. The Labute approximate surface area is 189 Å². The molecule has 0 aliphatic carbocycles. The van der Waals surface area contributed by atoms with Crippen LogP contribution in [-0.4, -0.2) is 30.5 Å². The van der Waals surface area contributed by atoms with Crippen LogP contribution in [0, 0.1) is 21.4 Å². The molecule has 2 rings (SSSR count). The van der Waals surface area contributed by atoms with Crippen LogP contribution in [0.15, 0.2) is 42.0 Å². The molecule has 1 amide bonds. The van der Waals surface area contributed by atoms with Crippen molar-refractivity contribution in [3.8, 4) is 17.6 Å². The van der Waals surface area contributed by atoms with Gasteiger partial charge in [0, 0.05) is 18.7 Å². The van der Waals surface area contributed by atoms with E-state index in [2.05, 4.69) is 5.32 Å². The van der Waals surface area contributed by atoms with E-state index in [0.717, 1.165) is 18.9 Å². The van der Waals surface area contributed by atoms with Crippen molar-refractivity contribution >= 4 is 35.2 Å². The minimum Gasteiger partial charge on any atom is -0.493 e. The van der Waals surface area contributed by atoms with Crippen LogP contribution in [0.4, 0.5) is 5.69 Å². The number of amides is 1. The van der Waals surface area contributed by atoms with Gasteiger partial charge in [-0.05, 0) is 36.3 Å². The molecule has 0 aliphatic rings. The van der Waals surface area contributed by atoms with E-state index < -0.39 is 16.8 Å². The summed E-state index contributed by atoms with van der Waals surface area (Å²) in [6, 6.07) is 9.70. The average Bonchev–Trinajstić information content (AvgIpc) is 2.78. The van der Waals surface area contributed by atoms with Crippen molar-refractivity contribution in [1.29, 1.82) is 5.26 Å². The minimum absolute atomic E-state index is 0.00753. The number of nitro benzene ring substituents is 1. The van der Waals surface area contributed by atoms with Crippen LogP contribution in [0.5, 0.6) is 11.5 Å². The van der Waals surface area contributed by atoms with Gasteiger partial charge in [0.25, 0.3) is 11.6 Å². The lowest BCUT2D eigenvalue weighted by Gasteiger charge is -2.11. The van der Waals surface area contributed by atoms with Crippen LogP contribution in [0.25, 0.3) is 6.08 Å². The van der Waals surface area contributed by atoms with Crippen molar-refractivity contribution in [2.75, 3.05) is 13.7 Å².